The summed E-state index contributed by atoms with van der Waals surface area (Å²) in [6, 6.07) is 3.96. The summed E-state index contributed by atoms with van der Waals surface area (Å²) in [6.45, 7) is 1.96. The topological polar surface area (TPSA) is 47.0 Å². The van der Waals surface area contributed by atoms with Crippen molar-refractivity contribution in [2.45, 2.75) is 46.8 Å². The van der Waals surface area contributed by atoms with E-state index in [1.165, 1.54) is 18.3 Å². The van der Waals surface area contributed by atoms with Crippen molar-refractivity contribution in [2.75, 3.05) is 0 Å². The molecule has 3 nitrogen and oxygen atoms in total. The van der Waals surface area contributed by atoms with Gasteiger partial charge < -0.3 is 0 Å². The van der Waals surface area contributed by atoms with E-state index in [0.717, 1.165) is 18.9 Å². The summed E-state index contributed by atoms with van der Waals surface area (Å²) >= 11 is 1.88. The fraction of sp³-hybridized carbons (Fsp3) is 0.583. The molecule has 0 radical (unpaired) electrons. The molecule has 19 heavy (non-hydrogen) atoms. The molecule has 108 valence electrons. The van der Waals surface area contributed by atoms with Crippen molar-refractivity contribution in [3.8, 4) is 0 Å². The molecule has 1 rings (SSSR count). The van der Waals surface area contributed by atoms with Gasteiger partial charge in [0.05, 0.1) is 0 Å². The zero-order valence-corrected chi connectivity index (χ0v) is 13.5. The first-order chi connectivity index (χ1) is 8.81. The third-order valence-corrected chi connectivity index (χ3v) is 5.44. The number of aromatic nitrogens is 1. The van der Waals surface area contributed by atoms with E-state index >= 15 is 0 Å². The standard InChI is InChI=1S/C12H16F2INO2S/c1-2-3-6-10(15)9-12(13,14)19(17,18)11-7-4-5-8-16-11/h4-5,7-8,10H,2-3,6,9H2,1H3. The number of pyridine rings is 1. The molecule has 7 heteroatoms. The summed E-state index contributed by atoms with van der Waals surface area (Å²) < 4.78 is 51.2. The van der Waals surface area contributed by atoms with Crippen molar-refractivity contribution in [1.82, 2.24) is 4.98 Å². The maximum absolute atomic E-state index is 13.9. The Morgan fingerprint density at radius 3 is 2.63 bits per heavy atom. The highest BCUT2D eigenvalue weighted by Crippen LogP contribution is 2.35. The lowest BCUT2D eigenvalue weighted by Crippen LogP contribution is -2.32. The molecule has 0 aromatic carbocycles. The van der Waals surface area contributed by atoms with Gasteiger partial charge in [0.15, 0.2) is 5.03 Å². The third kappa shape index (κ3) is 4.34. The van der Waals surface area contributed by atoms with Crippen LogP contribution in [-0.2, 0) is 9.84 Å². The average Bonchev–Trinajstić information content (AvgIpc) is 2.36. The quantitative estimate of drug-likeness (QED) is 0.514. The van der Waals surface area contributed by atoms with Crippen LogP contribution >= 0.6 is 22.6 Å². The predicted octanol–water partition coefficient (Wildman–Crippen LogP) is 3.83. The van der Waals surface area contributed by atoms with E-state index in [2.05, 4.69) is 4.98 Å². The van der Waals surface area contributed by atoms with E-state index in [1.54, 1.807) is 0 Å². The van der Waals surface area contributed by atoms with E-state index in [-0.39, 0.29) is 3.92 Å². The molecule has 1 unspecified atom stereocenters. The van der Waals surface area contributed by atoms with Crippen LogP contribution in [0.5, 0.6) is 0 Å². The van der Waals surface area contributed by atoms with Crippen molar-refractivity contribution < 1.29 is 17.2 Å². The summed E-state index contributed by atoms with van der Waals surface area (Å²) in [6.07, 6.45) is 2.82. The fourth-order valence-electron chi connectivity index (χ4n) is 1.55. The van der Waals surface area contributed by atoms with Gasteiger partial charge in [-0.3, -0.25) is 0 Å². The highest BCUT2D eigenvalue weighted by atomic mass is 127. The lowest BCUT2D eigenvalue weighted by atomic mass is 10.1. The third-order valence-electron chi connectivity index (χ3n) is 2.64. The Balaban J connectivity index is 2.87. The Bertz CT molecular complexity index is 494. The van der Waals surface area contributed by atoms with E-state index < -0.39 is 26.5 Å². The zero-order valence-electron chi connectivity index (χ0n) is 10.5. The van der Waals surface area contributed by atoms with Crippen LogP contribution < -0.4 is 0 Å². The van der Waals surface area contributed by atoms with Gasteiger partial charge in [0.25, 0.3) is 9.84 Å². The summed E-state index contributed by atoms with van der Waals surface area (Å²) in [5.74, 6) is 0. The molecular formula is C12H16F2INO2S. The fourth-order valence-corrected chi connectivity index (χ4v) is 4.03. The highest BCUT2D eigenvalue weighted by Gasteiger charge is 2.47. The Morgan fingerprint density at radius 1 is 1.42 bits per heavy atom. The van der Waals surface area contributed by atoms with Crippen molar-refractivity contribution >= 4 is 32.4 Å². The van der Waals surface area contributed by atoms with Crippen LogP contribution in [0.2, 0.25) is 0 Å². The maximum Gasteiger partial charge on any atom is 0.352 e. The monoisotopic (exact) mass is 403 g/mol. The second-order valence-corrected chi connectivity index (χ2v) is 8.04. The van der Waals surface area contributed by atoms with Crippen molar-refractivity contribution in [1.29, 1.82) is 0 Å². The Kier molecular flexibility index (Phi) is 6.10. The Hall–Kier alpha value is -0.310. The van der Waals surface area contributed by atoms with Gasteiger partial charge in [0.2, 0.25) is 0 Å². The molecule has 0 saturated carbocycles. The van der Waals surface area contributed by atoms with Gasteiger partial charge in [-0.15, -0.1) is 0 Å². The SMILES string of the molecule is CCCCC(I)CC(F)(F)S(=O)(=O)c1ccccn1. The maximum atomic E-state index is 13.9. The van der Waals surface area contributed by atoms with Gasteiger partial charge in [0, 0.05) is 16.5 Å². The molecule has 0 fully saturated rings. The predicted molar refractivity (Wildman–Crippen MR) is 78.3 cm³/mol. The molecule has 0 spiro atoms. The van der Waals surface area contributed by atoms with Crippen LogP contribution in [0, 0.1) is 0 Å². The Labute approximate surface area is 125 Å². The highest BCUT2D eigenvalue weighted by molar-refractivity contribution is 14.1. The van der Waals surface area contributed by atoms with Crippen LogP contribution in [0.4, 0.5) is 8.78 Å². The molecule has 0 aliphatic rings. The second kappa shape index (κ2) is 6.92. The lowest BCUT2D eigenvalue weighted by molar-refractivity contribution is 0.0818. The van der Waals surface area contributed by atoms with Crippen LogP contribution in [0.15, 0.2) is 29.4 Å². The number of sulfone groups is 1. The molecule has 0 N–H and O–H groups in total. The van der Waals surface area contributed by atoms with Crippen molar-refractivity contribution in [2.24, 2.45) is 0 Å². The van der Waals surface area contributed by atoms with Gasteiger partial charge in [-0.05, 0) is 18.6 Å². The number of hydrogen-bond donors (Lipinski definition) is 0. The number of unbranched alkanes of at least 4 members (excludes halogenated alkanes) is 1. The van der Waals surface area contributed by atoms with Gasteiger partial charge in [-0.1, -0.05) is 48.4 Å². The first kappa shape index (κ1) is 16.7. The van der Waals surface area contributed by atoms with Crippen LogP contribution in [0.3, 0.4) is 0 Å². The Morgan fingerprint density at radius 2 is 2.11 bits per heavy atom. The van der Waals surface area contributed by atoms with E-state index in [9.17, 15) is 17.2 Å². The largest absolute Gasteiger partial charge is 0.352 e. The number of halogens is 3. The first-order valence-electron chi connectivity index (χ1n) is 5.99. The van der Waals surface area contributed by atoms with Crippen molar-refractivity contribution in [3.05, 3.63) is 24.4 Å². The summed E-state index contributed by atoms with van der Waals surface area (Å²) in [5, 5.41) is -4.35. The van der Waals surface area contributed by atoms with Gasteiger partial charge in [0.1, 0.15) is 0 Å². The van der Waals surface area contributed by atoms with Gasteiger partial charge in [-0.25, -0.2) is 13.4 Å². The van der Waals surface area contributed by atoms with E-state index in [0.29, 0.717) is 6.42 Å². The molecule has 0 bridgehead atoms. The molecule has 1 aromatic heterocycles. The molecule has 0 aliphatic heterocycles. The lowest BCUT2D eigenvalue weighted by Gasteiger charge is -2.19. The normalized spacial score (nSPS) is 14.3. The number of nitrogens with zero attached hydrogens (tertiary/aromatic N) is 1. The number of hydrogen-bond acceptors (Lipinski definition) is 3. The minimum absolute atomic E-state index is 0.369. The average molecular weight is 403 g/mol. The van der Waals surface area contributed by atoms with Crippen LogP contribution in [-0.4, -0.2) is 22.6 Å². The number of rotatable bonds is 7. The molecule has 0 saturated heterocycles. The first-order valence-corrected chi connectivity index (χ1v) is 8.71. The minimum Gasteiger partial charge on any atom is -0.245 e. The summed E-state index contributed by atoms with van der Waals surface area (Å²) in [7, 11) is -4.71. The molecule has 0 aliphatic carbocycles. The zero-order chi connectivity index (χ0) is 14.5. The number of alkyl halides is 3. The molecule has 1 atom stereocenters. The van der Waals surface area contributed by atoms with Gasteiger partial charge >= 0.3 is 5.25 Å². The molecule has 1 heterocycles. The molecule has 0 amide bonds. The summed E-state index contributed by atoms with van der Waals surface area (Å²) in [4.78, 5) is 3.52. The van der Waals surface area contributed by atoms with Gasteiger partial charge in [-0.2, -0.15) is 8.78 Å². The van der Waals surface area contributed by atoms with Crippen LogP contribution in [0.25, 0.3) is 0 Å². The minimum atomic E-state index is -4.71. The van der Waals surface area contributed by atoms with E-state index in [1.807, 2.05) is 29.5 Å². The smallest absolute Gasteiger partial charge is 0.245 e. The molecular weight excluding hydrogens is 387 g/mol. The van der Waals surface area contributed by atoms with E-state index in [4.69, 9.17) is 0 Å². The summed E-state index contributed by atoms with van der Waals surface area (Å²) in [5.41, 5.74) is 0. The van der Waals surface area contributed by atoms with Crippen LogP contribution in [0.1, 0.15) is 32.6 Å². The second-order valence-electron chi connectivity index (χ2n) is 4.25. The molecule has 1 aromatic rings. The van der Waals surface area contributed by atoms with Crippen molar-refractivity contribution in [3.63, 3.8) is 0 Å².